The van der Waals surface area contributed by atoms with Crippen LogP contribution in [0.25, 0.3) is 0 Å². The molecule has 0 saturated carbocycles. The SMILES string of the molecule is O=C(Nc1ccc(N2CCN(c3ccccc3)CC2)cn1)c1ccc(F)c(F)c1. The number of halogens is 2. The van der Waals surface area contributed by atoms with Crippen molar-refractivity contribution in [2.45, 2.75) is 0 Å². The van der Waals surface area contributed by atoms with Crippen LogP contribution in [0.1, 0.15) is 10.4 Å². The maximum Gasteiger partial charge on any atom is 0.256 e. The Morgan fingerprint density at radius 2 is 1.52 bits per heavy atom. The highest BCUT2D eigenvalue weighted by Crippen LogP contribution is 2.21. The molecule has 5 nitrogen and oxygen atoms in total. The molecule has 1 N–H and O–H groups in total. The highest BCUT2D eigenvalue weighted by atomic mass is 19.2. The zero-order chi connectivity index (χ0) is 20.2. The zero-order valence-corrected chi connectivity index (χ0v) is 15.7. The number of pyridine rings is 1. The Morgan fingerprint density at radius 1 is 0.828 bits per heavy atom. The Hall–Kier alpha value is -3.48. The van der Waals surface area contributed by atoms with E-state index in [1.807, 2.05) is 24.3 Å². The summed E-state index contributed by atoms with van der Waals surface area (Å²) in [6, 6.07) is 16.9. The molecule has 0 bridgehead atoms. The summed E-state index contributed by atoms with van der Waals surface area (Å²) >= 11 is 0. The first-order chi connectivity index (χ1) is 14.1. The lowest BCUT2D eigenvalue weighted by Gasteiger charge is -2.37. The van der Waals surface area contributed by atoms with Crippen molar-refractivity contribution in [3.05, 3.63) is 84.1 Å². The van der Waals surface area contributed by atoms with Gasteiger partial charge in [0, 0.05) is 37.4 Å². The van der Waals surface area contributed by atoms with E-state index in [1.54, 1.807) is 12.3 Å². The Balaban J connectivity index is 1.36. The van der Waals surface area contributed by atoms with Crippen LogP contribution in [0.15, 0.2) is 66.9 Å². The summed E-state index contributed by atoms with van der Waals surface area (Å²) in [5.41, 5.74) is 2.23. The van der Waals surface area contributed by atoms with E-state index in [0.717, 1.165) is 44.0 Å². The van der Waals surface area contributed by atoms with Gasteiger partial charge in [-0.3, -0.25) is 4.79 Å². The fourth-order valence-electron chi connectivity index (χ4n) is 3.33. The highest BCUT2D eigenvalue weighted by Gasteiger charge is 2.18. The standard InChI is InChI=1S/C22H20F2N4O/c23-19-8-6-16(14-20(19)24)22(29)26-21-9-7-18(15-25-21)28-12-10-27(11-13-28)17-4-2-1-3-5-17/h1-9,14-15H,10-13H2,(H,25,26,29). The molecule has 0 atom stereocenters. The first-order valence-electron chi connectivity index (χ1n) is 9.37. The van der Waals surface area contributed by atoms with Gasteiger partial charge in [-0.1, -0.05) is 18.2 Å². The van der Waals surface area contributed by atoms with Gasteiger partial charge in [0.25, 0.3) is 5.91 Å². The van der Waals surface area contributed by atoms with Gasteiger partial charge in [0.2, 0.25) is 0 Å². The number of amides is 1. The molecule has 1 aromatic heterocycles. The predicted molar refractivity (Wildman–Crippen MR) is 109 cm³/mol. The number of carbonyl (C=O) groups is 1. The van der Waals surface area contributed by atoms with E-state index in [1.165, 1.54) is 11.8 Å². The number of para-hydroxylation sites is 1. The van der Waals surface area contributed by atoms with Crippen molar-refractivity contribution in [1.29, 1.82) is 0 Å². The molecule has 0 radical (unpaired) electrons. The summed E-state index contributed by atoms with van der Waals surface area (Å²) in [4.78, 5) is 21.1. The van der Waals surface area contributed by atoms with Gasteiger partial charge in [0.15, 0.2) is 11.6 Å². The Bertz CT molecular complexity index is 987. The predicted octanol–water partition coefficient (Wildman–Crippen LogP) is 3.94. The lowest BCUT2D eigenvalue weighted by atomic mass is 10.2. The molecule has 2 aromatic carbocycles. The average Bonchev–Trinajstić information content (AvgIpc) is 2.77. The van der Waals surface area contributed by atoms with Crippen LogP contribution in [0.4, 0.5) is 26.0 Å². The molecule has 4 rings (SSSR count). The Kier molecular flexibility index (Phi) is 5.37. The van der Waals surface area contributed by atoms with E-state index < -0.39 is 17.5 Å². The number of hydrogen-bond donors (Lipinski definition) is 1. The molecule has 1 fully saturated rings. The van der Waals surface area contributed by atoms with Crippen molar-refractivity contribution in [3.63, 3.8) is 0 Å². The van der Waals surface area contributed by atoms with E-state index in [9.17, 15) is 13.6 Å². The first-order valence-corrected chi connectivity index (χ1v) is 9.37. The number of piperazine rings is 1. The van der Waals surface area contributed by atoms with Gasteiger partial charge in [-0.05, 0) is 42.5 Å². The van der Waals surface area contributed by atoms with Crippen molar-refractivity contribution < 1.29 is 13.6 Å². The number of nitrogens with zero attached hydrogens (tertiary/aromatic N) is 3. The molecule has 1 aliphatic heterocycles. The Labute approximate surface area is 167 Å². The monoisotopic (exact) mass is 394 g/mol. The number of carbonyl (C=O) groups excluding carboxylic acids is 1. The molecule has 1 amide bonds. The van der Waals surface area contributed by atoms with E-state index in [2.05, 4.69) is 32.2 Å². The molecule has 3 aromatic rings. The first kappa shape index (κ1) is 18.9. The maximum absolute atomic E-state index is 13.3. The smallest absolute Gasteiger partial charge is 0.256 e. The van der Waals surface area contributed by atoms with Gasteiger partial charge in [0.05, 0.1) is 11.9 Å². The molecule has 148 valence electrons. The summed E-state index contributed by atoms with van der Waals surface area (Å²) in [5.74, 6) is -2.24. The van der Waals surface area contributed by atoms with Crippen LogP contribution in [0.3, 0.4) is 0 Å². The molecular weight excluding hydrogens is 374 g/mol. The van der Waals surface area contributed by atoms with Crippen molar-refractivity contribution in [2.75, 3.05) is 41.3 Å². The summed E-state index contributed by atoms with van der Waals surface area (Å²) in [5, 5.41) is 2.60. The third kappa shape index (κ3) is 4.34. The molecule has 7 heteroatoms. The molecule has 0 spiro atoms. The van der Waals surface area contributed by atoms with Crippen LogP contribution in [0, 0.1) is 11.6 Å². The highest BCUT2D eigenvalue weighted by molar-refractivity contribution is 6.03. The van der Waals surface area contributed by atoms with Gasteiger partial charge >= 0.3 is 0 Å². The second-order valence-corrected chi connectivity index (χ2v) is 6.79. The fraction of sp³-hybridized carbons (Fsp3) is 0.182. The zero-order valence-electron chi connectivity index (χ0n) is 15.7. The lowest BCUT2D eigenvalue weighted by Crippen LogP contribution is -2.46. The third-order valence-electron chi connectivity index (χ3n) is 4.94. The number of rotatable bonds is 4. The van der Waals surface area contributed by atoms with Crippen molar-refractivity contribution >= 4 is 23.1 Å². The van der Waals surface area contributed by atoms with Crippen LogP contribution in [-0.4, -0.2) is 37.1 Å². The summed E-state index contributed by atoms with van der Waals surface area (Å²) in [6.07, 6.45) is 1.71. The average molecular weight is 394 g/mol. The largest absolute Gasteiger partial charge is 0.368 e. The van der Waals surface area contributed by atoms with Crippen LogP contribution in [-0.2, 0) is 0 Å². The molecule has 29 heavy (non-hydrogen) atoms. The van der Waals surface area contributed by atoms with Crippen molar-refractivity contribution in [1.82, 2.24) is 4.98 Å². The van der Waals surface area contributed by atoms with Crippen molar-refractivity contribution in [2.24, 2.45) is 0 Å². The van der Waals surface area contributed by atoms with Gasteiger partial charge in [-0.15, -0.1) is 0 Å². The fourth-order valence-corrected chi connectivity index (χ4v) is 3.33. The second-order valence-electron chi connectivity index (χ2n) is 6.79. The van der Waals surface area contributed by atoms with Crippen LogP contribution >= 0.6 is 0 Å². The molecule has 1 saturated heterocycles. The number of nitrogens with one attached hydrogen (secondary N) is 1. The molecule has 2 heterocycles. The van der Waals surface area contributed by atoms with E-state index in [-0.39, 0.29) is 5.56 Å². The molecule has 1 aliphatic rings. The van der Waals surface area contributed by atoms with E-state index >= 15 is 0 Å². The maximum atomic E-state index is 13.3. The minimum absolute atomic E-state index is 0.0341. The topological polar surface area (TPSA) is 48.5 Å². The quantitative estimate of drug-likeness (QED) is 0.728. The number of anilines is 3. The van der Waals surface area contributed by atoms with E-state index in [0.29, 0.717) is 5.82 Å². The molecular formula is C22H20F2N4O. The van der Waals surface area contributed by atoms with E-state index in [4.69, 9.17) is 0 Å². The van der Waals surface area contributed by atoms with Gasteiger partial charge in [0.1, 0.15) is 5.82 Å². The number of hydrogen-bond acceptors (Lipinski definition) is 4. The summed E-state index contributed by atoms with van der Waals surface area (Å²) < 4.78 is 26.3. The van der Waals surface area contributed by atoms with Gasteiger partial charge in [-0.2, -0.15) is 0 Å². The van der Waals surface area contributed by atoms with Crippen LogP contribution < -0.4 is 15.1 Å². The van der Waals surface area contributed by atoms with Gasteiger partial charge < -0.3 is 15.1 Å². The van der Waals surface area contributed by atoms with Crippen LogP contribution in [0.2, 0.25) is 0 Å². The minimum Gasteiger partial charge on any atom is -0.368 e. The summed E-state index contributed by atoms with van der Waals surface area (Å²) in [7, 11) is 0. The molecule has 0 aliphatic carbocycles. The summed E-state index contributed by atoms with van der Waals surface area (Å²) in [6.45, 7) is 3.57. The molecule has 0 unspecified atom stereocenters. The minimum atomic E-state index is -1.06. The number of aromatic nitrogens is 1. The number of benzene rings is 2. The van der Waals surface area contributed by atoms with Crippen molar-refractivity contribution in [3.8, 4) is 0 Å². The lowest BCUT2D eigenvalue weighted by molar-refractivity contribution is 0.102. The second kappa shape index (κ2) is 8.26. The normalized spacial score (nSPS) is 14.0. The van der Waals surface area contributed by atoms with Gasteiger partial charge in [-0.25, -0.2) is 13.8 Å². The Morgan fingerprint density at radius 3 is 2.14 bits per heavy atom. The third-order valence-corrected chi connectivity index (χ3v) is 4.94. The van der Waals surface area contributed by atoms with Crippen LogP contribution in [0.5, 0.6) is 0 Å².